The number of hydrogen-bond donors (Lipinski definition) is 2. The second-order valence-electron chi connectivity index (χ2n) is 7.29. The van der Waals surface area contributed by atoms with Gasteiger partial charge in [0.1, 0.15) is 11.6 Å². The summed E-state index contributed by atoms with van der Waals surface area (Å²) in [5.41, 5.74) is -0.736. The van der Waals surface area contributed by atoms with Crippen molar-refractivity contribution in [1.82, 2.24) is 14.5 Å². The number of aromatic nitrogens is 2. The molecule has 0 aliphatic heterocycles. The van der Waals surface area contributed by atoms with Crippen molar-refractivity contribution >= 4 is 12.1 Å². The Kier molecular flexibility index (Phi) is 6.07. The molecule has 9 nitrogen and oxygen atoms in total. The minimum atomic E-state index is -1.21. The third kappa shape index (κ3) is 5.32. The van der Waals surface area contributed by atoms with Crippen LogP contribution < -0.4 is 16.6 Å². The quantitative estimate of drug-likeness (QED) is 0.789. The van der Waals surface area contributed by atoms with Gasteiger partial charge in [-0.1, -0.05) is 12.1 Å². The van der Waals surface area contributed by atoms with E-state index in [9.17, 15) is 24.3 Å². The number of nitrogens with zero attached hydrogens (tertiary/aromatic N) is 2. The number of benzene rings is 1. The second kappa shape index (κ2) is 8.12. The lowest BCUT2D eigenvalue weighted by Crippen LogP contribution is -2.44. The summed E-state index contributed by atoms with van der Waals surface area (Å²) in [5.74, 6) is -1.21. The molecule has 1 aromatic carbocycles. The molecular weight excluding hydrogens is 366 g/mol. The van der Waals surface area contributed by atoms with Gasteiger partial charge in [-0.25, -0.2) is 19.0 Å². The Morgan fingerprint density at radius 3 is 2.29 bits per heavy atom. The molecule has 1 aromatic heterocycles. The van der Waals surface area contributed by atoms with E-state index in [2.05, 4.69) is 5.32 Å². The molecule has 2 rings (SSSR count). The van der Waals surface area contributed by atoms with Crippen LogP contribution in [-0.4, -0.2) is 37.9 Å². The fraction of sp³-hybridized carbons (Fsp3) is 0.368. The molecule has 1 amide bonds. The van der Waals surface area contributed by atoms with Gasteiger partial charge in [0.15, 0.2) is 0 Å². The van der Waals surface area contributed by atoms with E-state index in [0.717, 1.165) is 4.57 Å². The number of carbonyl (C=O) groups is 2. The smallest absolute Gasteiger partial charge is 0.408 e. The van der Waals surface area contributed by atoms with E-state index in [0.29, 0.717) is 11.3 Å². The van der Waals surface area contributed by atoms with Crippen molar-refractivity contribution in [3.63, 3.8) is 0 Å². The van der Waals surface area contributed by atoms with E-state index < -0.39 is 35.0 Å². The molecule has 0 saturated heterocycles. The maximum Gasteiger partial charge on any atom is 0.408 e. The molecular formula is C19H23N3O6. The first kappa shape index (κ1) is 20.9. The van der Waals surface area contributed by atoms with E-state index in [1.165, 1.54) is 23.9 Å². The molecule has 0 aliphatic rings. The second-order valence-corrected chi connectivity index (χ2v) is 7.29. The maximum atomic E-state index is 12.2. The van der Waals surface area contributed by atoms with Gasteiger partial charge in [-0.3, -0.25) is 4.79 Å². The first-order valence-corrected chi connectivity index (χ1v) is 8.58. The standard InChI is InChI=1S/C19H23N3O6/c1-19(2,3)28-17(26)20-14(16(24)25)11-12-5-7-13(8-6-12)22-15(23)9-10-21(4)18(22)27/h5-10,14H,11H2,1-4H3,(H,20,26)(H,24,25)/t14-/m0/s1. The summed E-state index contributed by atoms with van der Waals surface area (Å²) < 4.78 is 7.37. The van der Waals surface area contributed by atoms with Gasteiger partial charge in [0, 0.05) is 25.7 Å². The van der Waals surface area contributed by atoms with Gasteiger partial charge >= 0.3 is 17.8 Å². The summed E-state index contributed by atoms with van der Waals surface area (Å²) in [6.07, 6.45) is 0.571. The van der Waals surface area contributed by atoms with Crippen LogP contribution in [0.5, 0.6) is 0 Å². The van der Waals surface area contributed by atoms with Crippen LogP contribution in [0.15, 0.2) is 46.1 Å². The van der Waals surface area contributed by atoms with Crippen LogP contribution >= 0.6 is 0 Å². The van der Waals surface area contributed by atoms with Gasteiger partial charge in [-0.2, -0.15) is 0 Å². The van der Waals surface area contributed by atoms with Crippen molar-refractivity contribution in [2.24, 2.45) is 7.05 Å². The lowest BCUT2D eigenvalue weighted by atomic mass is 10.1. The average Bonchev–Trinajstić information content (AvgIpc) is 2.57. The molecule has 9 heteroatoms. The zero-order valence-electron chi connectivity index (χ0n) is 16.1. The Morgan fingerprint density at radius 2 is 1.75 bits per heavy atom. The molecule has 0 saturated carbocycles. The summed E-state index contributed by atoms with van der Waals surface area (Å²) in [4.78, 5) is 47.5. The topological polar surface area (TPSA) is 120 Å². The predicted molar refractivity (Wildman–Crippen MR) is 102 cm³/mol. The van der Waals surface area contributed by atoms with E-state index in [-0.39, 0.29) is 6.42 Å². The van der Waals surface area contributed by atoms with Crippen LogP contribution in [-0.2, 0) is 23.0 Å². The largest absolute Gasteiger partial charge is 0.480 e. The highest BCUT2D eigenvalue weighted by molar-refractivity contribution is 5.80. The number of amides is 1. The number of rotatable bonds is 5. The lowest BCUT2D eigenvalue weighted by Gasteiger charge is -2.22. The molecule has 150 valence electrons. The molecule has 0 aliphatic carbocycles. The lowest BCUT2D eigenvalue weighted by molar-refractivity contribution is -0.139. The molecule has 0 unspecified atom stereocenters. The maximum absolute atomic E-state index is 12.2. The molecule has 28 heavy (non-hydrogen) atoms. The number of nitrogens with one attached hydrogen (secondary N) is 1. The zero-order valence-corrected chi connectivity index (χ0v) is 16.1. The van der Waals surface area contributed by atoms with Crippen LogP contribution in [0.25, 0.3) is 5.69 Å². The highest BCUT2D eigenvalue weighted by Gasteiger charge is 2.24. The predicted octanol–water partition coefficient (Wildman–Crippen LogP) is 1.06. The Labute approximate surface area is 161 Å². The molecule has 2 aromatic rings. The van der Waals surface area contributed by atoms with Crippen molar-refractivity contribution in [3.05, 3.63) is 62.9 Å². The highest BCUT2D eigenvalue weighted by atomic mass is 16.6. The number of ether oxygens (including phenoxy) is 1. The van der Waals surface area contributed by atoms with Gasteiger partial charge in [0.05, 0.1) is 5.69 Å². The first-order chi connectivity index (χ1) is 13.0. The van der Waals surface area contributed by atoms with Gasteiger partial charge in [-0.05, 0) is 38.5 Å². The third-order valence-electron chi connectivity index (χ3n) is 3.78. The molecule has 2 N–H and O–H groups in total. The Morgan fingerprint density at radius 1 is 1.14 bits per heavy atom. The van der Waals surface area contributed by atoms with Crippen LogP contribution in [0.3, 0.4) is 0 Å². The van der Waals surface area contributed by atoms with Crippen molar-refractivity contribution in [2.45, 2.75) is 38.8 Å². The number of carboxylic acid groups (broad SMARTS) is 1. The SMILES string of the molecule is Cn1ccc(=O)n(-c2ccc(C[C@H](NC(=O)OC(C)(C)C)C(=O)O)cc2)c1=O. The van der Waals surface area contributed by atoms with E-state index in [4.69, 9.17) is 4.74 Å². The minimum Gasteiger partial charge on any atom is -0.480 e. The van der Waals surface area contributed by atoms with Gasteiger partial charge in [-0.15, -0.1) is 0 Å². The average molecular weight is 389 g/mol. The Balaban J connectivity index is 2.19. The first-order valence-electron chi connectivity index (χ1n) is 8.58. The molecule has 1 atom stereocenters. The van der Waals surface area contributed by atoms with Gasteiger partial charge in [0.25, 0.3) is 5.56 Å². The third-order valence-corrected chi connectivity index (χ3v) is 3.78. The highest BCUT2D eigenvalue weighted by Crippen LogP contribution is 2.11. The number of carboxylic acids is 1. The molecule has 0 radical (unpaired) electrons. The number of aryl methyl sites for hydroxylation is 1. The molecule has 0 spiro atoms. The van der Waals surface area contributed by atoms with Crippen molar-refractivity contribution in [1.29, 1.82) is 0 Å². The van der Waals surface area contributed by atoms with Crippen LogP contribution in [0.4, 0.5) is 4.79 Å². The van der Waals surface area contributed by atoms with Crippen molar-refractivity contribution in [3.8, 4) is 5.69 Å². The summed E-state index contributed by atoms with van der Waals surface area (Å²) in [6.45, 7) is 5.03. The van der Waals surface area contributed by atoms with E-state index in [1.54, 1.807) is 45.0 Å². The zero-order chi connectivity index (χ0) is 21.1. The van der Waals surface area contributed by atoms with Crippen LogP contribution in [0.2, 0.25) is 0 Å². The normalized spacial score (nSPS) is 12.3. The van der Waals surface area contributed by atoms with Gasteiger partial charge in [0.2, 0.25) is 0 Å². The summed E-state index contributed by atoms with van der Waals surface area (Å²) >= 11 is 0. The molecule has 1 heterocycles. The van der Waals surface area contributed by atoms with Crippen LogP contribution in [0, 0.1) is 0 Å². The summed E-state index contributed by atoms with van der Waals surface area (Å²) in [5, 5.41) is 11.7. The number of alkyl carbamates (subject to hydrolysis) is 1. The van der Waals surface area contributed by atoms with Gasteiger partial charge < -0.3 is 19.7 Å². The minimum absolute atomic E-state index is 0.0105. The fourth-order valence-electron chi connectivity index (χ4n) is 2.47. The Bertz CT molecular complexity index is 982. The fourth-order valence-corrected chi connectivity index (χ4v) is 2.47. The number of hydrogen-bond acceptors (Lipinski definition) is 5. The number of carbonyl (C=O) groups excluding carboxylic acids is 1. The molecule has 0 bridgehead atoms. The molecule has 0 fully saturated rings. The van der Waals surface area contributed by atoms with E-state index in [1.807, 2.05) is 0 Å². The summed E-state index contributed by atoms with van der Waals surface area (Å²) in [6, 6.07) is 6.38. The monoisotopic (exact) mass is 389 g/mol. The van der Waals surface area contributed by atoms with Crippen molar-refractivity contribution < 1.29 is 19.4 Å². The Hall–Kier alpha value is -3.36. The summed E-state index contributed by atoms with van der Waals surface area (Å²) in [7, 11) is 1.53. The van der Waals surface area contributed by atoms with E-state index >= 15 is 0 Å². The van der Waals surface area contributed by atoms with Crippen molar-refractivity contribution in [2.75, 3.05) is 0 Å². The number of aliphatic carboxylic acids is 1. The van der Waals surface area contributed by atoms with Crippen LogP contribution in [0.1, 0.15) is 26.3 Å².